The number of nitrogens with zero attached hydrogens (tertiary/aromatic N) is 1. The number of nitrogens with one attached hydrogen (secondary N) is 1. The molecule has 122 valence electrons. The lowest BCUT2D eigenvalue weighted by Gasteiger charge is -2.11. The smallest absolute Gasteiger partial charge is 0.324 e. The van der Waals surface area contributed by atoms with Gasteiger partial charge in [-0.1, -0.05) is 6.07 Å². The molecule has 0 radical (unpaired) electrons. The number of halogens is 4. The van der Waals surface area contributed by atoms with E-state index >= 15 is 0 Å². The Hall–Kier alpha value is -2.64. The minimum Gasteiger partial charge on any atom is -0.324 e. The Kier molecular flexibility index (Phi) is 4.53. The van der Waals surface area contributed by atoms with Crippen molar-refractivity contribution >= 4 is 11.6 Å². The maximum absolute atomic E-state index is 13.1. The van der Waals surface area contributed by atoms with E-state index in [2.05, 4.69) is 5.32 Å². The molecule has 0 fully saturated rings. The molecule has 1 heterocycles. The second kappa shape index (κ2) is 6.23. The molecule has 1 aromatic heterocycles. The molecule has 2 aromatic rings. The maximum atomic E-state index is 13.1. The molecule has 1 aromatic carbocycles. The lowest BCUT2D eigenvalue weighted by Crippen LogP contribution is -2.32. The van der Waals surface area contributed by atoms with Crippen LogP contribution in [-0.4, -0.2) is 10.5 Å². The number of amides is 1. The summed E-state index contributed by atoms with van der Waals surface area (Å²) >= 11 is 0. The number of alkyl halides is 3. The molecule has 0 saturated heterocycles. The van der Waals surface area contributed by atoms with Crippen LogP contribution in [0.25, 0.3) is 0 Å². The van der Waals surface area contributed by atoms with E-state index in [0.29, 0.717) is 16.2 Å². The Morgan fingerprint density at radius 2 is 1.96 bits per heavy atom. The van der Waals surface area contributed by atoms with Gasteiger partial charge in [0, 0.05) is 11.9 Å². The van der Waals surface area contributed by atoms with E-state index in [1.54, 1.807) is 6.92 Å². The molecule has 0 atom stereocenters. The standard InChI is InChI=1S/C15H12F4N2O2/c1-9-4-5-10(16)7-12(9)20-13(22)8-21-6-2-3-11(14(21)23)15(17,18)19/h2-7H,8H2,1H3,(H,20,22). The van der Waals surface area contributed by atoms with Gasteiger partial charge in [-0.15, -0.1) is 0 Å². The Labute approximate surface area is 128 Å². The zero-order valence-electron chi connectivity index (χ0n) is 11.9. The van der Waals surface area contributed by atoms with Crippen LogP contribution in [0.4, 0.5) is 23.2 Å². The monoisotopic (exact) mass is 328 g/mol. The number of carbonyl (C=O) groups excluding carboxylic acids is 1. The molecule has 0 saturated carbocycles. The van der Waals surface area contributed by atoms with Crippen molar-refractivity contribution in [1.29, 1.82) is 0 Å². The lowest BCUT2D eigenvalue weighted by atomic mass is 10.2. The van der Waals surface area contributed by atoms with Crippen molar-refractivity contribution in [3.05, 3.63) is 63.8 Å². The van der Waals surface area contributed by atoms with Gasteiger partial charge in [0.1, 0.15) is 17.9 Å². The summed E-state index contributed by atoms with van der Waals surface area (Å²) in [4.78, 5) is 23.6. The Morgan fingerprint density at radius 3 is 2.61 bits per heavy atom. The van der Waals surface area contributed by atoms with Crippen LogP contribution >= 0.6 is 0 Å². The highest BCUT2D eigenvalue weighted by molar-refractivity contribution is 5.91. The number of aromatic nitrogens is 1. The predicted octanol–water partition coefficient (Wildman–Crippen LogP) is 2.95. The topological polar surface area (TPSA) is 51.1 Å². The van der Waals surface area contributed by atoms with Gasteiger partial charge in [0.25, 0.3) is 5.56 Å². The number of anilines is 1. The zero-order chi connectivity index (χ0) is 17.2. The fourth-order valence-corrected chi connectivity index (χ4v) is 1.95. The number of hydrogen-bond acceptors (Lipinski definition) is 2. The summed E-state index contributed by atoms with van der Waals surface area (Å²) in [5.41, 5.74) is -1.90. The third kappa shape index (κ3) is 3.97. The van der Waals surface area contributed by atoms with Crippen molar-refractivity contribution in [2.24, 2.45) is 0 Å². The van der Waals surface area contributed by atoms with E-state index < -0.39 is 35.6 Å². The van der Waals surface area contributed by atoms with Gasteiger partial charge in [-0.2, -0.15) is 13.2 Å². The molecule has 1 amide bonds. The third-order valence-corrected chi connectivity index (χ3v) is 3.11. The molecule has 1 N–H and O–H groups in total. The second-order valence-electron chi connectivity index (χ2n) is 4.86. The summed E-state index contributed by atoms with van der Waals surface area (Å²) in [6.07, 6.45) is -3.72. The van der Waals surface area contributed by atoms with Gasteiger partial charge in [0.15, 0.2) is 0 Å². The molecule has 8 heteroatoms. The summed E-state index contributed by atoms with van der Waals surface area (Å²) < 4.78 is 51.8. The first-order chi connectivity index (χ1) is 10.7. The Bertz CT molecular complexity index is 797. The van der Waals surface area contributed by atoms with Crippen LogP contribution in [-0.2, 0) is 17.5 Å². The number of pyridine rings is 1. The van der Waals surface area contributed by atoms with Crippen LogP contribution in [0, 0.1) is 12.7 Å². The molecule has 0 spiro atoms. The first kappa shape index (κ1) is 16.7. The fourth-order valence-electron chi connectivity index (χ4n) is 1.95. The molecule has 4 nitrogen and oxygen atoms in total. The second-order valence-corrected chi connectivity index (χ2v) is 4.86. The zero-order valence-corrected chi connectivity index (χ0v) is 11.9. The van der Waals surface area contributed by atoms with Gasteiger partial charge < -0.3 is 9.88 Å². The molecule has 0 aliphatic carbocycles. The Balaban J connectivity index is 2.21. The molecule has 23 heavy (non-hydrogen) atoms. The van der Waals surface area contributed by atoms with Crippen molar-refractivity contribution in [1.82, 2.24) is 4.57 Å². The normalized spacial score (nSPS) is 11.3. The number of hydrogen-bond donors (Lipinski definition) is 1. The van der Waals surface area contributed by atoms with Gasteiger partial charge in [0.2, 0.25) is 5.91 Å². The van der Waals surface area contributed by atoms with Crippen LogP contribution in [0.15, 0.2) is 41.3 Å². The lowest BCUT2D eigenvalue weighted by molar-refractivity contribution is -0.139. The minimum atomic E-state index is -4.80. The highest BCUT2D eigenvalue weighted by Crippen LogP contribution is 2.26. The fraction of sp³-hybridized carbons (Fsp3) is 0.200. The molecular weight excluding hydrogens is 316 g/mol. The van der Waals surface area contributed by atoms with Crippen LogP contribution in [0.3, 0.4) is 0 Å². The van der Waals surface area contributed by atoms with E-state index in [-0.39, 0.29) is 5.69 Å². The summed E-state index contributed by atoms with van der Waals surface area (Å²) in [7, 11) is 0. The van der Waals surface area contributed by atoms with Gasteiger partial charge in [0.05, 0.1) is 0 Å². The quantitative estimate of drug-likeness (QED) is 0.881. The van der Waals surface area contributed by atoms with E-state index in [0.717, 1.165) is 18.3 Å². The number of carbonyl (C=O) groups is 1. The highest BCUT2D eigenvalue weighted by Gasteiger charge is 2.34. The van der Waals surface area contributed by atoms with Crippen molar-refractivity contribution in [2.45, 2.75) is 19.6 Å². The maximum Gasteiger partial charge on any atom is 0.421 e. The van der Waals surface area contributed by atoms with Gasteiger partial charge >= 0.3 is 6.18 Å². The van der Waals surface area contributed by atoms with E-state index in [1.807, 2.05) is 0 Å². The van der Waals surface area contributed by atoms with Crippen LogP contribution < -0.4 is 10.9 Å². The predicted molar refractivity (Wildman–Crippen MR) is 75.5 cm³/mol. The number of benzene rings is 1. The Morgan fingerprint density at radius 1 is 1.26 bits per heavy atom. The molecule has 0 bridgehead atoms. The molecule has 2 rings (SSSR count). The number of rotatable bonds is 3. The average Bonchev–Trinajstić information content (AvgIpc) is 2.44. The van der Waals surface area contributed by atoms with E-state index in [9.17, 15) is 27.2 Å². The van der Waals surface area contributed by atoms with Crippen LogP contribution in [0.2, 0.25) is 0 Å². The summed E-state index contributed by atoms with van der Waals surface area (Å²) in [6.45, 7) is 1.02. The van der Waals surface area contributed by atoms with E-state index in [4.69, 9.17) is 0 Å². The van der Waals surface area contributed by atoms with Crippen LogP contribution in [0.5, 0.6) is 0 Å². The first-order valence-electron chi connectivity index (χ1n) is 6.51. The summed E-state index contributed by atoms with van der Waals surface area (Å²) in [5.74, 6) is -1.30. The first-order valence-corrected chi connectivity index (χ1v) is 6.51. The van der Waals surface area contributed by atoms with E-state index in [1.165, 1.54) is 12.1 Å². The largest absolute Gasteiger partial charge is 0.421 e. The average molecular weight is 328 g/mol. The van der Waals surface area contributed by atoms with Gasteiger partial charge in [-0.3, -0.25) is 9.59 Å². The van der Waals surface area contributed by atoms with Crippen LogP contribution in [0.1, 0.15) is 11.1 Å². The van der Waals surface area contributed by atoms with Gasteiger partial charge in [-0.25, -0.2) is 4.39 Å². The van der Waals surface area contributed by atoms with Crippen molar-refractivity contribution in [2.75, 3.05) is 5.32 Å². The summed E-state index contributed by atoms with van der Waals surface area (Å²) in [6, 6.07) is 5.42. The SMILES string of the molecule is Cc1ccc(F)cc1NC(=O)Cn1cccc(C(F)(F)F)c1=O. The summed E-state index contributed by atoms with van der Waals surface area (Å²) in [5, 5.41) is 2.37. The van der Waals surface area contributed by atoms with Crippen molar-refractivity contribution in [3.8, 4) is 0 Å². The number of aryl methyl sites for hydroxylation is 1. The molecule has 0 aliphatic heterocycles. The highest BCUT2D eigenvalue weighted by atomic mass is 19.4. The van der Waals surface area contributed by atoms with Crippen molar-refractivity contribution in [3.63, 3.8) is 0 Å². The van der Waals surface area contributed by atoms with Crippen molar-refractivity contribution < 1.29 is 22.4 Å². The molecule has 0 aliphatic rings. The van der Waals surface area contributed by atoms with Gasteiger partial charge in [-0.05, 0) is 36.8 Å². The third-order valence-electron chi connectivity index (χ3n) is 3.11. The minimum absolute atomic E-state index is 0.190. The molecule has 0 unspecified atom stereocenters. The molecular formula is C15H12F4N2O2.